The van der Waals surface area contributed by atoms with E-state index in [1.54, 1.807) is 24.3 Å². The Morgan fingerprint density at radius 2 is 2.13 bits per heavy atom. The lowest BCUT2D eigenvalue weighted by atomic mass is 10.0. The first kappa shape index (κ1) is 13.9. The molecule has 0 fully saturated rings. The quantitative estimate of drug-likeness (QED) is 0.811. The third-order valence-corrected chi connectivity index (χ3v) is 1.93. The van der Waals surface area contributed by atoms with E-state index in [4.69, 9.17) is 5.73 Å². The van der Waals surface area contributed by atoms with Crippen molar-refractivity contribution in [3.8, 4) is 0 Å². The number of methoxy groups -OCH3 is 1. The van der Waals surface area contributed by atoms with Gasteiger partial charge in [-0.2, -0.15) is 0 Å². The van der Waals surface area contributed by atoms with Gasteiger partial charge in [-0.25, -0.2) is 9.18 Å². The maximum atomic E-state index is 12.3. The van der Waals surface area contributed by atoms with Gasteiger partial charge in [0, 0.05) is 0 Å². The molecule has 2 N–H and O–H groups in total. The summed E-state index contributed by atoms with van der Waals surface area (Å²) in [5.74, 6) is -0.496. The highest BCUT2D eigenvalue weighted by Gasteiger charge is 2.15. The van der Waals surface area contributed by atoms with Crippen LogP contribution in [-0.4, -0.2) is 19.8 Å². The molecule has 3 nitrogen and oxygen atoms in total. The van der Waals surface area contributed by atoms with Gasteiger partial charge in [-0.3, -0.25) is 0 Å². The second-order valence-corrected chi connectivity index (χ2v) is 2.84. The molecule has 0 heterocycles. The van der Waals surface area contributed by atoms with Gasteiger partial charge in [-0.1, -0.05) is 18.2 Å². The first-order chi connectivity index (χ1) is 6.70. The van der Waals surface area contributed by atoms with E-state index in [1.165, 1.54) is 7.11 Å². The van der Waals surface area contributed by atoms with Gasteiger partial charge in [0.15, 0.2) is 0 Å². The zero-order chi connectivity index (χ0) is 10.6. The summed E-state index contributed by atoms with van der Waals surface area (Å²) in [4.78, 5) is 11.3. The lowest BCUT2D eigenvalue weighted by Gasteiger charge is -2.11. The van der Waals surface area contributed by atoms with Crippen LogP contribution in [0.5, 0.6) is 0 Å². The van der Waals surface area contributed by atoms with Crippen LogP contribution in [0.15, 0.2) is 24.3 Å². The zero-order valence-corrected chi connectivity index (χ0v) is 9.09. The minimum atomic E-state index is -0.773. The molecule has 5 heteroatoms. The van der Waals surface area contributed by atoms with Crippen LogP contribution in [0.3, 0.4) is 0 Å². The van der Waals surface area contributed by atoms with Gasteiger partial charge in [0.05, 0.1) is 18.7 Å². The molecule has 1 atom stereocenters. The molecule has 1 aromatic carbocycles. The van der Waals surface area contributed by atoms with E-state index in [-0.39, 0.29) is 12.4 Å². The van der Waals surface area contributed by atoms with Crippen molar-refractivity contribution in [1.82, 2.24) is 0 Å². The number of nitrogens with two attached hydrogens (primary N) is 1. The van der Waals surface area contributed by atoms with Gasteiger partial charge < -0.3 is 10.5 Å². The van der Waals surface area contributed by atoms with Gasteiger partial charge in [0.2, 0.25) is 0 Å². The molecule has 0 saturated heterocycles. The van der Waals surface area contributed by atoms with E-state index >= 15 is 0 Å². The second kappa shape index (κ2) is 6.37. The fourth-order valence-corrected chi connectivity index (χ4v) is 1.20. The van der Waals surface area contributed by atoms with Crippen LogP contribution in [0.2, 0.25) is 0 Å². The summed E-state index contributed by atoms with van der Waals surface area (Å²) in [6, 6.07) is 5.80. The molecule has 0 aliphatic heterocycles. The van der Waals surface area contributed by atoms with Crippen molar-refractivity contribution in [1.29, 1.82) is 0 Å². The van der Waals surface area contributed by atoms with Crippen molar-refractivity contribution < 1.29 is 13.9 Å². The van der Waals surface area contributed by atoms with E-state index in [2.05, 4.69) is 4.74 Å². The standard InChI is InChI=1S/C10H12FNO2.ClH/c1-14-10(13)8-5-3-2-4-7(8)9(12)6-11;/h2-5,9H,6,12H2,1H3;1H/t9-;/m0./s1. The Morgan fingerprint density at radius 3 is 2.67 bits per heavy atom. The molecule has 0 saturated carbocycles. The number of alkyl halides is 1. The van der Waals surface area contributed by atoms with Gasteiger partial charge in [0.25, 0.3) is 0 Å². The van der Waals surface area contributed by atoms with E-state index < -0.39 is 18.7 Å². The normalized spacial score (nSPS) is 11.4. The monoisotopic (exact) mass is 233 g/mol. The number of esters is 1. The fraction of sp³-hybridized carbons (Fsp3) is 0.300. The summed E-state index contributed by atoms with van der Waals surface area (Å²) in [7, 11) is 1.28. The van der Waals surface area contributed by atoms with Gasteiger partial charge in [-0.15, -0.1) is 12.4 Å². The molecule has 0 bridgehead atoms. The molecule has 0 unspecified atom stereocenters. The summed E-state index contributed by atoms with van der Waals surface area (Å²) >= 11 is 0. The molecule has 1 aromatic rings. The van der Waals surface area contributed by atoms with Crippen molar-refractivity contribution in [3.63, 3.8) is 0 Å². The molecule has 0 spiro atoms. The molecule has 0 aliphatic rings. The van der Waals surface area contributed by atoms with Crippen LogP contribution in [0.4, 0.5) is 4.39 Å². The molecular formula is C10H13ClFNO2. The summed E-state index contributed by atoms with van der Waals surface area (Å²) in [6.07, 6.45) is 0. The first-order valence-electron chi connectivity index (χ1n) is 4.19. The topological polar surface area (TPSA) is 52.3 Å². The summed E-state index contributed by atoms with van der Waals surface area (Å²) < 4.78 is 16.9. The van der Waals surface area contributed by atoms with Crippen molar-refractivity contribution in [2.75, 3.05) is 13.8 Å². The Kier molecular flexibility index (Phi) is 5.89. The average molecular weight is 234 g/mol. The molecular weight excluding hydrogens is 221 g/mol. The highest BCUT2D eigenvalue weighted by atomic mass is 35.5. The van der Waals surface area contributed by atoms with Crippen LogP contribution in [0.1, 0.15) is 22.0 Å². The van der Waals surface area contributed by atoms with Crippen LogP contribution in [0.25, 0.3) is 0 Å². The molecule has 15 heavy (non-hydrogen) atoms. The van der Waals surface area contributed by atoms with Crippen LogP contribution < -0.4 is 5.73 Å². The highest BCUT2D eigenvalue weighted by molar-refractivity contribution is 5.91. The van der Waals surface area contributed by atoms with Crippen LogP contribution in [0, 0.1) is 0 Å². The minimum absolute atomic E-state index is 0. The predicted molar refractivity (Wildman–Crippen MR) is 57.9 cm³/mol. The second-order valence-electron chi connectivity index (χ2n) is 2.84. The van der Waals surface area contributed by atoms with Crippen LogP contribution >= 0.6 is 12.4 Å². The van der Waals surface area contributed by atoms with Crippen LogP contribution in [-0.2, 0) is 4.74 Å². The first-order valence-corrected chi connectivity index (χ1v) is 4.19. The number of benzene rings is 1. The van der Waals surface area contributed by atoms with Crippen molar-refractivity contribution in [2.24, 2.45) is 5.73 Å². The van der Waals surface area contributed by atoms with Crippen molar-refractivity contribution in [3.05, 3.63) is 35.4 Å². The number of ether oxygens (including phenoxy) is 1. The summed E-state index contributed by atoms with van der Waals surface area (Å²) in [5, 5.41) is 0. The van der Waals surface area contributed by atoms with Crippen molar-refractivity contribution >= 4 is 18.4 Å². The van der Waals surface area contributed by atoms with Gasteiger partial charge in [0.1, 0.15) is 6.67 Å². The zero-order valence-electron chi connectivity index (χ0n) is 8.27. The molecule has 0 amide bonds. The number of halogens is 2. The summed E-state index contributed by atoms with van der Waals surface area (Å²) in [5.41, 5.74) is 6.30. The largest absolute Gasteiger partial charge is 0.465 e. The SMILES string of the molecule is COC(=O)c1ccccc1[C@@H](N)CF.Cl. The van der Waals surface area contributed by atoms with E-state index in [1.807, 2.05) is 0 Å². The minimum Gasteiger partial charge on any atom is -0.465 e. The number of rotatable bonds is 3. The van der Waals surface area contributed by atoms with Gasteiger partial charge >= 0.3 is 5.97 Å². The Labute approximate surface area is 93.8 Å². The number of hydrogen-bond donors (Lipinski definition) is 1. The third kappa shape index (κ3) is 3.18. The lowest BCUT2D eigenvalue weighted by molar-refractivity contribution is 0.0598. The average Bonchev–Trinajstić information content (AvgIpc) is 2.27. The number of hydrogen-bond acceptors (Lipinski definition) is 3. The summed E-state index contributed by atoms with van der Waals surface area (Å²) in [6.45, 7) is -0.700. The fourth-order valence-electron chi connectivity index (χ4n) is 1.20. The maximum absolute atomic E-state index is 12.3. The smallest absolute Gasteiger partial charge is 0.338 e. The van der Waals surface area contributed by atoms with E-state index in [0.29, 0.717) is 11.1 Å². The molecule has 84 valence electrons. The number of carbonyl (C=O) groups is 1. The predicted octanol–water partition coefficient (Wildman–Crippen LogP) is 1.86. The third-order valence-electron chi connectivity index (χ3n) is 1.93. The Morgan fingerprint density at radius 1 is 1.53 bits per heavy atom. The molecule has 0 aromatic heterocycles. The van der Waals surface area contributed by atoms with E-state index in [9.17, 15) is 9.18 Å². The maximum Gasteiger partial charge on any atom is 0.338 e. The number of carbonyl (C=O) groups excluding carboxylic acids is 1. The molecule has 0 aliphatic carbocycles. The lowest BCUT2D eigenvalue weighted by Crippen LogP contribution is -2.17. The van der Waals surface area contributed by atoms with Crippen molar-refractivity contribution in [2.45, 2.75) is 6.04 Å². The Bertz CT molecular complexity index is 333. The molecule has 0 radical (unpaired) electrons. The highest BCUT2D eigenvalue weighted by Crippen LogP contribution is 2.17. The molecule has 1 rings (SSSR count). The van der Waals surface area contributed by atoms with Gasteiger partial charge in [-0.05, 0) is 11.6 Å². The Hall–Kier alpha value is -1.13. The Balaban J connectivity index is 0.00000196. The van der Waals surface area contributed by atoms with E-state index in [0.717, 1.165) is 0 Å².